The molecule has 0 aromatic heterocycles. The number of hydrogen-bond donors (Lipinski definition) is 0. The van der Waals surface area contributed by atoms with E-state index in [1.165, 1.54) is 218 Å². The van der Waals surface area contributed by atoms with Gasteiger partial charge in [0.25, 0.3) is 0 Å². The van der Waals surface area contributed by atoms with Gasteiger partial charge in [0.1, 0.15) is 13.2 Å². The molecule has 0 N–H and O–H groups in total. The Hall–Kier alpha value is -1.59. The molecule has 0 aromatic carbocycles. The van der Waals surface area contributed by atoms with Crippen molar-refractivity contribution in [2.75, 3.05) is 13.2 Å². The Morgan fingerprint density at radius 2 is 0.522 bits per heavy atom. The number of carbonyl (C=O) groups excluding carboxylic acids is 3. The fraction of sp³-hybridized carbons (Fsp3) is 0.951. The Morgan fingerprint density at radius 3 is 0.776 bits per heavy atom. The van der Waals surface area contributed by atoms with Crippen molar-refractivity contribution in [1.29, 1.82) is 0 Å². The zero-order chi connectivity index (χ0) is 49.1. The minimum atomic E-state index is -0.764. The van der Waals surface area contributed by atoms with Crippen molar-refractivity contribution in [3.8, 4) is 0 Å². The van der Waals surface area contributed by atoms with E-state index < -0.39 is 6.10 Å². The van der Waals surface area contributed by atoms with Crippen LogP contribution in [0.25, 0.3) is 0 Å². The first kappa shape index (κ1) is 65.4. The summed E-state index contributed by atoms with van der Waals surface area (Å²) in [4.78, 5) is 38.1. The zero-order valence-corrected chi connectivity index (χ0v) is 46.2. The van der Waals surface area contributed by atoms with Crippen LogP contribution in [0.15, 0.2) is 0 Å². The SMILES string of the molecule is CCC(C)CCCCCCCCC(=O)OC[C@@H](COC(=O)CCCCCCCCCCCCCCCCCC(C)C)OC(=O)CCCCCCCCCCCCCCCCCCCCC(C)C. The lowest BCUT2D eigenvalue weighted by Crippen LogP contribution is -2.30. The lowest BCUT2D eigenvalue weighted by Gasteiger charge is -2.18. The highest BCUT2D eigenvalue weighted by molar-refractivity contribution is 5.71. The van der Waals surface area contributed by atoms with E-state index in [0.717, 1.165) is 75.5 Å². The molecule has 0 amide bonds. The van der Waals surface area contributed by atoms with Crippen molar-refractivity contribution in [2.45, 2.75) is 343 Å². The van der Waals surface area contributed by atoms with Gasteiger partial charge in [-0.05, 0) is 37.0 Å². The molecule has 6 nitrogen and oxygen atoms in total. The highest BCUT2D eigenvalue weighted by atomic mass is 16.6. The molecule has 2 atom stereocenters. The standard InChI is InChI=1S/C61H118O6/c1-7-57(6)49-43-37-33-34-39-45-51-60(63)66-54-58(53-65-59(62)50-44-38-31-27-23-19-16-12-14-18-22-26-30-36-42-48-56(4)5)67-61(64)52-46-40-32-28-24-20-15-11-9-8-10-13-17-21-25-29-35-41-47-55(2)3/h55-58H,7-54H2,1-6H3/t57?,58-/m1/s1. The van der Waals surface area contributed by atoms with Gasteiger partial charge < -0.3 is 14.2 Å². The number of esters is 3. The molecule has 67 heavy (non-hydrogen) atoms. The van der Waals surface area contributed by atoms with Crippen molar-refractivity contribution in [3.63, 3.8) is 0 Å². The molecule has 0 radical (unpaired) electrons. The maximum atomic E-state index is 12.9. The molecule has 0 saturated carbocycles. The largest absolute Gasteiger partial charge is 0.462 e. The molecule has 0 saturated heterocycles. The number of hydrogen-bond acceptors (Lipinski definition) is 6. The topological polar surface area (TPSA) is 78.9 Å². The molecule has 0 heterocycles. The molecular formula is C61H118O6. The highest BCUT2D eigenvalue weighted by Gasteiger charge is 2.19. The minimum absolute atomic E-state index is 0.0639. The maximum absolute atomic E-state index is 12.9. The van der Waals surface area contributed by atoms with Crippen molar-refractivity contribution >= 4 is 17.9 Å². The monoisotopic (exact) mass is 947 g/mol. The predicted octanol–water partition coefficient (Wildman–Crippen LogP) is 19.9. The summed E-state index contributed by atoms with van der Waals surface area (Å²) < 4.78 is 16.9. The smallest absolute Gasteiger partial charge is 0.306 e. The van der Waals surface area contributed by atoms with Crippen LogP contribution in [-0.2, 0) is 28.6 Å². The van der Waals surface area contributed by atoms with Gasteiger partial charge in [0, 0.05) is 19.3 Å². The molecule has 0 fully saturated rings. The van der Waals surface area contributed by atoms with E-state index in [1.807, 2.05) is 0 Å². The lowest BCUT2D eigenvalue weighted by molar-refractivity contribution is -0.167. The van der Waals surface area contributed by atoms with Crippen LogP contribution >= 0.6 is 0 Å². The number of unbranched alkanes of at least 4 members (excludes halogenated alkanes) is 36. The van der Waals surface area contributed by atoms with Gasteiger partial charge in [-0.2, -0.15) is 0 Å². The molecule has 0 aliphatic rings. The Bertz CT molecular complexity index is 1040. The van der Waals surface area contributed by atoms with Crippen molar-refractivity contribution in [1.82, 2.24) is 0 Å². The number of ether oxygens (including phenoxy) is 3. The molecule has 0 aromatic rings. The molecule has 0 aliphatic carbocycles. The van der Waals surface area contributed by atoms with Crippen LogP contribution in [0, 0.1) is 17.8 Å². The average molecular weight is 948 g/mol. The first-order valence-electron chi connectivity index (χ1n) is 30.1. The summed E-state index contributed by atoms with van der Waals surface area (Å²) in [5.74, 6) is 1.68. The fourth-order valence-electron chi connectivity index (χ4n) is 9.32. The van der Waals surface area contributed by atoms with Gasteiger partial charge in [-0.1, -0.05) is 298 Å². The number of carbonyl (C=O) groups is 3. The average Bonchev–Trinajstić information content (AvgIpc) is 3.30. The molecular weight excluding hydrogens is 829 g/mol. The second kappa shape index (κ2) is 52.2. The summed E-state index contributed by atoms with van der Waals surface area (Å²) in [5.41, 5.74) is 0. The van der Waals surface area contributed by atoms with Gasteiger partial charge in [-0.3, -0.25) is 14.4 Å². The summed E-state index contributed by atoms with van der Waals surface area (Å²) in [6.45, 7) is 13.8. The van der Waals surface area contributed by atoms with Crippen molar-refractivity contribution < 1.29 is 28.6 Å². The van der Waals surface area contributed by atoms with E-state index >= 15 is 0 Å². The van der Waals surface area contributed by atoms with E-state index in [-0.39, 0.29) is 31.1 Å². The minimum Gasteiger partial charge on any atom is -0.462 e. The van der Waals surface area contributed by atoms with E-state index in [4.69, 9.17) is 14.2 Å². The van der Waals surface area contributed by atoms with Gasteiger partial charge >= 0.3 is 17.9 Å². The quantitative estimate of drug-likeness (QED) is 0.0343. The molecule has 0 spiro atoms. The Kier molecular flexibility index (Phi) is 51.0. The maximum Gasteiger partial charge on any atom is 0.306 e. The third-order valence-corrected chi connectivity index (χ3v) is 14.3. The van der Waals surface area contributed by atoms with E-state index in [2.05, 4.69) is 41.5 Å². The second-order valence-electron chi connectivity index (χ2n) is 22.2. The fourth-order valence-corrected chi connectivity index (χ4v) is 9.32. The third kappa shape index (κ3) is 53.6. The zero-order valence-electron chi connectivity index (χ0n) is 46.2. The van der Waals surface area contributed by atoms with E-state index in [9.17, 15) is 14.4 Å². The summed E-state index contributed by atoms with van der Waals surface area (Å²) >= 11 is 0. The summed E-state index contributed by atoms with van der Waals surface area (Å²) in [6, 6.07) is 0. The Labute approximate surface area is 418 Å². The van der Waals surface area contributed by atoms with Crippen LogP contribution in [-0.4, -0.2) is 37.2 Å². The van der Waals surface area contributed by atoms with Gasteiger partial charge in [0.05, 0.1) is 0 Å². The van der Waals surface area contributed by atoms with Crippen LogP contribution in [0.5, 0.6) is 0 Å². The molecule has 1 unspecified atom stereocenters. The molecule has 398 valence electrons. The van der Waals surface area contributed by atoms with Gasteiger partial charge in [-0.15, -0.1) is 0 Å². The van der Waals surface area contributed by atoms with Crippen molar-refractivity contribution in [3.05, 3.63) is 0 Å². The lowest BCUT2D eigenvalue weighted by atomic mass is 10.00. The van der Waals surface area contributed by atoms with Crippen molar-refractivity contribution in [2.24, 2.45) is 17.8 Å². The molecule has 0 aliphatic heterocycles. The first-order chi connectivity index (χ1) is 32.6. The van der Waals surface area contributed by atoms with Crippen LogP contribution < -0.4 is 0 Å². The van der Waals surface area contributed by atoms with E-state index in [1.54, 1.807) is 0 Å². The number of rotatable bonds is 54. The summed E-state index contributed by atoms with van der Waals surface area (Å²) in [6.07, 6.45) is 55.4. The summed E-state index contributed by atoms with van der Waals surface area (Å²) in [5, 5.41) is 0. The second-order valence-corrected chi connectivity index (χ2v) is 22.2. The van der Waals surface area contributed by atoms with Crippen LogP contribution in [0.2, 0.25) is 0 Å². The normalized spacial score (nSPS) is 12.5. The third-order valence-electron chi connectivity index (χ3n) is 14.3. The van der Waals surface area contributed by atoms with Gasteiger partial charge in [0.15, 0.2) is 6.10 Å². The molecule has 6 heteroatoms. The van der Waals surface area contributed by atoms with Crippen LogP contribution in [0.1, 0.15) is 337 Å². The Balaban J connectivity index is 4.22. The van der Waals surface area contributed by atoms with Gasteiger partial charge in [-0.25, -0.2) is 0 Å². The highest BCUT2D eigenvalue weighted by Crippen LogP contribution is 2.19. The van der Waals surface area contributed by atoms with Crippen LogP contribution in [0.4, 0.5) is 0 Å². The predicted molar refractivity (Wildman–Crippen MR) is 289 cm³/mol. The van der Waals surface area contributed by atoms with Gasteiger partial charge in [0.2, 0.25) is 0 Å². The first-order valence-corrected chi connectivity index (χ1v) is 30.1. The Morgan fingerprint density at radius 1 is 0.299 bits per heavy atom. The molecule has 0 rings (SSSR count). The van der Waals surface area contributed by atoms with E-state index in [0.29, 0.717) is 19.3 Å². The molecule has 0 bridgehead atoms. The summed E-state index contributed by atoms with van der Waals surface area (Å²) in [7, 11) is 0. The van der Waals surface area contributed by atoms with Crippen LogP contribution in [0.3, 0.4) is 0 Å².